The summed E-state index contributed by atoms with van der Waals surface area (Å²) < 4.78 is 26.2. The van der Waals surface area contributed by atoms with Gasteiger partial charge in [-0.2, -0.15) is 0 Å². The number of rotatable bonds is 6. The van der Waals surface area contributed by atoms with Gasteiger partial charge in [0.05, 0.1) is 11.9 Å². The highest BCUT2D eigenvalue weighted by molar-refractivity contribution is 7.92. The van der Waals surface area contributed by atoms with E-state index in [0.717, 1.165) is 21.7 Å². The summed E-state index contributed by atoms with van der Waals surface area (Å²) in [5.41, 5.74) is 2.69. The van der Waals surface area contributed by atoms with E-state index in [1.54, 1.807) is 37.3 Å². The molecule has 2 aromatic carbocycles. The molecule has 0 aliphatic heterocycles. The van der Waals surface area contributed by atoms with E-state index in [9.17, 15) is 13.2 Å². The lowest BCUT2D eigenvalue weighted by Gasteiger charge is -2.30. The van der Waals surface area contributed by atoms with E-state index in [1.165, 1.54) is 0 Å². The molecule has 0 saturated carbocycles. The SMILES string of the molecule is CC[C@@H](C(=O)Nc1cc(Cl)cc(Cl)c1)N(c1cc(C)cc(C)c1)S(C)(=O)=O. The average molecular weight is 429 g/mol. The van der Waals surface area contributed by atoms with Crippen LogP contribution in [0.25, 0.3) is 0 Å². The molecule has 0 unspecified atom stereocenters. The van der Waals surface area contributed by atoms with Gasteiger partial charge in [-0.05, 0) is 61.7 Å². The molecule has 0 aliphatic carbocycles. The Hall–Kier alpha value is -1.76. The number of nitrogens with one attached hydrogen (secondary N) is 1. The van der Waals surface area contributed by atoms with Gasteiger partial charge >= 0.3 is 0 Å². The molecule has 5 nitrogen and oxygen atoms in total. The predicted molar refractivity (Wildman–Crippen MR) is 112 cm³/mol. The third-order valence-corrected chi connectivity index (χ3v) is 5.54. The maximum Gasteiger partial charge on any atom is 0.248 e. The summed E-state index contributed by atoms with van der Waals surface area (Å²) in [4.78, 5) is 12.9. The van der Waals surface area contributed by atoms with Crippen molar-refractivity contribution in [1.82, 2.24) is 0 Å². The molecule has 0 bridgehead atoms. The van der Waals surface area contributed by atoms with Crippen LogP contribution in [0.2, 0.25) is 10.0 Å². The number of sulfonamides is 1. The number of aryl methyl sites for hydroxylation is 2. The molecule has 0 heterocycles. The van der Waals surface area contributed by atoms with Crippen molar-refractivity contribution in [2.24, 2.45) is 0 Å². The maximum absolute atomic E-state index is 12.9. The van der Waals surface area contributed by atoms with Crippen LogP contribution in [0, 0.1) is 13.8 Å². The smallest absolute Gasteiger partial charge is 0.248 e. The number of carbonyl (C=O) groups is 1. The van der Waals surface area contributed by atoms with Crippen LogP contribution < -0.4 is 9.62 Å². The van der Waals surface area contributed by atoms with Gasteiger partial charge in [-0.3, -0.25) is 9.10 Å². The number of hydrogen-bond acceptors (Lipinski definition) is 3. The molecule has 2 aromatic rings. The van der Waals surface area contributed by atoms with Gasteiger partial charge in [-0.1, -0.05) is 36.2 Å². The Morgan fingerprint density at radius 1 is 1.04 bits per heavy atom. The largest absolute Gasteiger partial charge is 0.324 e. The highest BCUT2D eigenvalue weighted by Gasteiger charge is 2.31. The summed E-state index contributed by atoms with van der Waals surface area (Å²) in [7, 11) is -3.70. The molecule has 146 valence electrons. The van der Waals surface area contributed by atoms with E-state index in [0.29, 0.717) is 27.8 Å². The van der Waals surface area contributed by atoms with Crippen molar-refractivity contribution in [2.45, 2.75) is 33.2 Å². The van der Waals surface area contributed by atoms with Gasteiger partial charge in [0.15, 0.2) is 0 Å². The normalized spacial score (nSPS) is 12.5. The lowest BCUT2D eigenvalue weighted by molar-refractivity contribution is -0.117. The van der Waals surface area contributed by atoms with Crippen LogP contribution in [0.1, 0.15) is 24.5 Å². The van der Waals surface area contributed by atoms with Crippen LogP contribution >= 0.6 is 23.2 Å². The molecule has 0 aromatic heterocycles. The molecular formula is C19H22Cl2N2O3S. The number of halogens is 2. The zero-order valence-corrected chi connectivity index (χ0v) is 17.9. The first kappa shape index (κ1) is 21.5. The maximum atomic E-state index is 12.9. The summed E-state index contributed by atoms with van der Waals surface area (Å²) in [6.07, 6.45) is 1.39. The van der Waals surface area contributed by atoms with Crippen LogP contribution in [0.15, 0.2) is 36.4 Å². The highest BCUT2D eigenvalue weighted by Crippen LogP contribution is 2.27. The zero-order valence-electron chi connectivity index (χ0n) is 15.6. The molecule has 8 heteroatoms. The molecule has 0 fully saturated rings. The Morgan fingerprint density at radius 3 is 2.00 bits per heavy atom. The lowest BCUT2D eigenvalue weighted by atomic mass is 10.1. The minimum absolute atomic E-state index is 0.292. The molecule has 0 radical (unpaired) electrons. The average Bonchev–Trinajstić information content (AvgIpc) is 2.48. The second-order valence-electron chi connectivity index (χ2n) is 6.48. The first-order chi connectivity index (χ1) is 12.5. The third kappa shape index (κ3) is 5.61. The molecule has 1 N–H and O–H groups in total. The molecule has 0 saturated heterocycles. The van der Waals surface area contributed by atoms with Crippen molar-refractivity contribution in [2.75, 3.05) is 15.9 Å². The second-order valence-corrected chi connectivity index (χ2v) is 9.21. The summed E-state index contributed by atoms with van der Waals surface area (Å²) in [5, 5.41) is 3.46. The van der Waals surface area contributed by atoms with Gasteiger partial charge in [0.25, 0.3) is 0 Å². The van der Waals surface area contributed by atoms with Crippen LogP contribution in [0.5, 0.6) is 0 Å². The van der Waals surface area contributed by atoms with E-state index < -0.39 is 22.0 Å². The number of amides is 1. The lowest BCUT2D eigenvalue weighted by Crippen LogP contribution is -2.47. The minimum Gasteiger partial charge on any atom is -0.324 e. The third-order valence-electron chi connectivity index (χ3n) is 3.92. The van der Waals surface area contributed by atoms with E-state index in [-0.39, 0.29) is 0 Å². The fourth-order valence-electron chi connectivity index (χ4n) is 2.99. The number of anilines is 2. The Bertz CT molecular complexity index is 921. The summed E-state index contributed by atoms with van der Waals surface area (Å²) in [6, 6.07) is 9.19. The van der Waals surface area contributed by atoms with E-state index in [2.05, 4.69) is 5.32 Å². The zero-order chi connectivity index (χ0) is 20.4. The Balaban J connectivity index is 2.44. The standard InChI is InChI=1S/C19H22Cl2N2O3S/c1-5-18(19(24)22-16-10-14(20)9-15(21)11-16)23(27(4,25)26)17-7-12(2)6-13(3)8-17/h6-11,18H,5H2,1-4H3,(H,22,24)/t18-/m0/s1. The Kier molecular flexibility index (Phi) is 6.78. The number of nitrogens with zero attached hydrogens (tertiary/aromatic N) is 1. The summed E-state index contributed by atoms with van der Waals surface area (Å²) in [5.74, 6) is -0.458. The molecule has 1 amide bonds. The van der Waals surface area contributed by atoms with Gasteiger partial charge in [0.2, 0.25) is 15.9 Å². The topological polar surface area (TPSA) is 66.5 Å². The molecule has 1 atom stereocenters. The predicted octanol–water partition coefficient (Wildman–Crippen LogP) is 4.79. The summed E-state index contributed by atoms with van der Waals surface area (Å²) in [6.45, 7) is 5.52. The number of benzene rings is 2. The van der Waals surface area contributed by atoms with Crippen LogP contribution in [-0.4, -0.2) is 26.6 Å². The van der Waals surface area contributed by atoms with E-state index in [1.807, 2.05) is 19.9 Å². The number of carbonyl (C=O) groups excluding carboxylic acids is 1. The van der Waals surface area contributed by atoms with Crippen molar-refractivity contribution in [1.29, 1.82) is 0 Å². The van der Waals surface area contributed by atoms with E-state index in [4.69, 9.17) is 23.2 Å². The van der Waals surface area contributed by atoms with Crippen LogP contribution in [0.4, 0.5) is 11.4 Å². The number of hydrogen-bond donors (Lipinski definition) is 1. The Morgan fingerprint density at radius 2 is 1.56 bits per heavy atom. The van der Waals surface area contributed by atoms with Gasteiger partial charge in [-0.15, -0.1) is 0 Å². The molecule has 0 aliphatic rings. The molecular weight excluding hydrogens is 407 g/mol. The summed E-state index contributed by atoms with van der Waals surface area (Å²) >= 11 is 11.9. The fourth-order valence-corrected chi connectivity index (χ4v) is 4.71. The first-order valence-corrected chi connectivity index (χ1v) is 11.0. The van der Waals surface area contributed by atoms with E-state index >= 15 is 0 Å². The quantitative estimate of drug-likeness (QED) is 0.718. The van der Waals surface area contributed by atoms with Crippen molar-refractivity contribution in [3.8, 4) is 0 Å². The van der Waals surface area contributed by atoms with Gasteiger partial charge in [-0.25, -0.2) is 8.42 Å². The Labute approximate surface area is 170 Å². The van der Waals surface area contributed by atoms with Crippen molar-refractivity contribution >= 4 is 50.5 Å². The van der Waals surface area contributed by atoms with Crippen LogP contribution in [-0.2, 0) is 14.8 Å². The van der Waals surface area contributed by atoms with Crippen LogP contribution in [0.3, 0.4) is 0 Å². The molecule has 0 spiro atoms. The van der Waals surface area contributed by atoms with Gasteiger partial charge in [0.1, 0.15) is 6.04 Å². The second kappa shape index (κ2) is 8.50. The van der Waals surface area contributed by atoms with Gasteiger partial charge < -0.3 is 5.32 Å². The van der Waals surface area contributed by atoms with Gasteiger partial charge in [0, 0.05) is 15.7 Å². The monoisotopic (exact) mass is 428 g/mol. The highest BCUT2D eigenvalue weighted by atomic mass is 35.5. The van der Waals surface area contributed by atoms with Crippen molar-refractivity contribution < 1.29 is 13.2 Å². The van der Waals surface area contributed by atoms with Crippen molar-refractivity contribution in [3.63, 3.8) is 0 Å². The molecule has 27 heavy (non-hydrogen) atoms. The van der Waals surface area contributed by atoms with Crippen molar-refractivity contribution in [3.05, 3.63) is 57.6 Å². The first-order valence-electron chi connectivity index (χ1n) is 8.36. The minimum atomic E-state index is -3.70. The fraction of sp³-hybridized carbons (Fsp3) is 0.316. The molecule has 2 rings (SSSR count).